The maximum atomic E-state index is 10.8. The van der Waals surface area contributed by atoms with Gasteiger partial charge < -0.3 is 9.84 Å². The first-order chi connectivity index (χ1) is 5.16. The van der Waals surface area contributed by atoms with Crippen LogP contribution < -0.4 is 0 Å². The van der Waals surface area contributed by atoms with Crippen molar-refractivity contribution < 1.29 is 14.6 Å². The second kappa shape index (κ2) is 6.16. The van der Waals surface area contributed by atoms with Crippen molar-refractivity contribution in [3.63, 3.8) is 0 Å². The highest BCUT2D eigenvalue weighted by molar-refractivity contribution is 5.69. The van der Waals surface area contributed by atoms with Gasteiger partial charge in [-0.2, -0.15) is 0 Å². The molecule has 0 saturated carbocycles. The highest BCUT2D eigenvalue weighted by atomic mass is 16.5. The molecule has 3 nitrogen and oxygen atoms in total. The molecule has 1 N–H and O–H groups in total. The maximum absolute atomic E-state index is 10.8. The van der Waals surface area contributed by atoms with Crippen LogP contribution in [0, 0.1) is 0 Å². The van der Waals surface area contributed by atoms with Crippen molar-refractivity contribution >= 4 is 5.97 Å². The van der Waals surface area contributed by atoms with E-state index in [1.165, 1.54) is 0 Å². The van der Waals surface area contributed by atoms with Crippen LogP contribution in [0.3, 0.4) is 0 Å². The minimum atomic E-state index is -0.555. The summed E-state index contributed by atoms with van der Waals surface area (Å²) in [4.78, 5) is 10.8. The van der Waals surface area contributed by atoms with E-state index in [1.807, 2.05) is 6.92 Å². The fourth-order valence-corrected chi connectivity index (χ4v) is 0.607. The number of esters is 1. The fraction of sp³-hybridized carbons (Fsp3) is 0.875. The Morgan fingerprint density at radius 2 is 2.27 bits per heavy atom. The molecular formula is C8H16O3. The summed E-state index contributed by atoms with van der Waals surface area (Å²) in [6, 6.07) is 0. The minimum absolute atomic E-state index is 0.114. The predicted octanol–water partition coefficient (Wildman–Crippen LogP) is 1.10. The summed E-state index contributed by atoms with van der Waals surface area (Å²) in [5.74, 6) is -0.215. The molecule has 0 fully saturated rings. The lowest BCUT2D eigenvalue weighted by Crippen LogP contribution is -2.14. The molecule has 0 radical (unpaired) electrons. The van der Waals surface area contributed by atoms with Crippen molar-refractivity contribution in [2.45, 2.75) is 39.2 Å². The topological polar surface area (TPSA) is 46.5 Å². The number of aliphatic hydroxyl groups is 1. The van der Waals surface area contributed by atoms with E-state index in [9.17, 15) is 4.79 Å². The summed E-state index contributed by atoms with van der Waals surface area (Å²) in [5.41, 5.74) is 0. The first-order valence-corrected chi connectivity index (χ1v) is 4.00. The molecule has 0 aliphatic heterocycles. The van der Waals surface area contributed by atoms with E-state index >= 15 is 0 Å². The molecule has 0 spiro atoms. The average molecular weight is 160 g/mol. The number of unbranched alkanes of at least 4 members (excludes halogenated alkanes) is 1. The van der Waals surface area contributed by atoms with E-state index in [1.54, 1.807) is 6.92 Å². The average Bonchev–Trinajstić information content (AvgIpc) is 1.97. The second-order valence-electron chi connectivity index (χ2n) is 2.64. The zero-order valence-electron chi connectivity index (χ0n) is 7.17. The van der Waals surface area contributed by atoms with E-state index in [0.29, 0.717) is 6.42 Å². The van der Waals surface area contributed by atoms with Crippen LogP contribution in [0.2, 0.25) is 0 Å². The smallest absolute Gasteiger partial charge is 0.305 e. The van der Waals surface area contributed by atoms with Crippen LogP contribution in [0.4, 0.5) is 0 Å². The van der Waals surface area contributed by atoms with Gasteiger partial charge in [-0.15, -0.1) is 0 Å². The third kappa shape index (κ3) is 7.33. The van der Waals surface area contributed by atoms with Gasteiger partial charge in [0.05, 0.1) is 6.10 Å². The van der Waals surface area contributed by atoms with Crippen molar-refractivity contribution in [3.05, 3.63) is 0 Å². The molecule has 0 aromatic heterocycles. The molecule has 0 rings (SSSR count). The molecule has 0 amide bonds. The molecule has 0 aliphatic carbocycles. The second-order valence-corrected chi connectivity index (χ2v) is 2.64. The van der Waals surface area contributed by atoms with Crippen LogP contribution in [0.25, 0.3) is 0 Å². The Kier molecular flexibility index (Phi) is 5.84. The Balaban J connectivity index is 3.23. The monoisotopic (exact) mass is 160 g/mol. The van der Waals surface area contributed by atoms with Crippen LogP contribution in [0.1, 0.15) is 33.1 Å². The van der Waals surface area contributed by atoms with Gasteiger partial charge in [0.15, 0.2) is 0 Å². The fourth-order valence-electron chi connectivity index (χ4n) is 0.607. The van der Waals surface area contributed by atoms with Crippen molar-refractivity contribution in [2.24, 2.45) is 0 Å². The Labute approximate surface area is 67.4 Å². The molecule has 0 bridgehead atoms. The zero-order valence-corrected chi connectivity index (χ0v) is 7.17. The van der Waals surface area contributed by atoms with Gasteiger partial charge in [-0.1, -0.05) is 13.3 Å². The largest absolute Gasteiger partial charge is 0.463 e. The first kappa shape index (κ1) is 10.4. The van der Waals surface area contributed by atoms with E-state index in [-0.39, 0.29) is 12.6 Å². The van der Waals surface area contributed by atoms with Gasteiger partial charge in [0.25, 0.3) is 0 Å². The van der Waals surface area contributed by atoms with E-state index in [4.69, 9.17) is 9.84 Å². The lowest BCUT2D eigenvalue weighted by molar-refractivity contribution is -0.146. The van der Waals surface area contributed by atoms with Gasteiger partial charge >= 0.3 is 5.97 Å². The molecule has 11 heavy (non-hydrogen) atoms. The number of ether oxygens (including phenoxy) is 1. The number of hydrogen-bond acceptors (Lipinski definition) is 3. The van der Waals surface area contributed by atoms with Crippen LogP contribution in [0.5, 0.6) is 0 Å². The third-order valence-corrected chi connectivity index (χ3v) is 1.22. The molecule has 0 aliphatic rings. The van der Waals surface area contributed by atoms with Crippen LogP contribution >= 0.6 is 0 Å². The third-order valence-electron chi connectivity index (χ3n) is 1.22. The summed E-state index contributed by atoms with van der Waals surface area (Å²) < 4.78 is 4.72. The normalized spacial score (nSPS) is 12.6. The first-order valence-electron chi connectivity index (χ1n) is 4.00. The van der Waals surface area contributed by atoms with Crippen molar-refractivity contribution in [3.8, 4) is 0 Å². The Morgan fingerprint density at radius 3 is 2.73 bits per heavy atom. The summed E-state index contributed by atoms with van der Waals surface area (Å²) >= 11 is 0. The summed E-state index contributed by atoms with van der Waals surface area (Å²) in [7, 11) is 0. The van der Waals surface area contributed by atoms with Crippen molar-refractivity contribution in [1.82, 2.24) is 0 Å². The van der Waals surface area contributed by atoms with Gasteiger partial charge in [0.1, 0.15) is 6.61 Å². The molecule has 0 saturated heterocycles. The van der Waals surface area contributed by atoms with Gasteiger partial charge in [-0.3, -0.25) is 4.79 Å². The van der Waals surface area contributed by atoms with Gasteiger partial charge in [-0.05, 0) is 13.3 Å². The van der Waals surface area contributed by atoms with Crippen LogP contribution in [0.15, 0.2) is 0 Å². The number of rotatable bonds is 5. The van der Waals surface area contributed by atoms with Gasteiger partial charge in [0, 0.05) is 6.42 Å². The minimum Gasteiger partial charge on any atom is -0.463 e. The highest BCUT2D eigenvalue weighted by Gasteiger charge is 2.02. The number of carbonyl (C=O) groups is 1. The van der Waals surface area contributed by atoms with Gasteiger partial charge in [-0.25, -0.2) is 0 Å². The quantitative estimate of drug-likeness (QED) is 0.612. The summed E-state index contributed by atoms with van der Waals surface area (Å²) in [6.45, 7) is 3.72. The maximum Gasteiger partial charge on any atom is 0.305 e. The standard InChI is InChI=1S/C8H16O3/c1-3-4-5-8(10)11-6-7(2)9/h7,9H,3-6H2,1-2H3/t7-/m0/s1. The molecule has 0 aromatic carbocycles. The molecule has 3 heteroatoms. The number of aliphatic hydroxyl groups excluding tert-OH is 1. The molecule has 66 valence electrons. The molecule has 0 aromatic rings. The molecule has 0 unspecified atom stereocenters. The molecule has 0 heterocycles. The summed E-state index contributed by atoms with van der Waals surface area (Å²) in [5, 5.41) is 8.75. The highest BCUT2D eigenvalue weighted by Crippen LogP contribution is 1.96. The van der Waals surface area contributed by atoms with Crippen molar-refractivity contribution in [1.29, 1.82) is 0 Å². The molecule has 1 atom stereocenters. The number of carbonyl (C=O) groups excluding carboxylic acids is 1. The van der Waals surface area contributed by atoms with Gasteiger partial charge in [0.2, 0.25) is 0 Å². The van der Waals surface area contributed by atoms with Crippen molar-refractivity contribution in [2.75, 3.05) is 6.61 Å². The Hall–Kier alpha value is -0.570. The number of hydrogen-bond donors (Lipinski definition) is 1. The van der Waals surface area contributed by atoms with E-state index < -0.39 is 6.10 Å². The summed E-state index contributed by atoms with van der Waals surface area (Å²) in [6.07, 6.45) is 1.76. The van der Waals surface area contributed by atoms with Crippen LogP contribution in [-0.2, 0) is 9.53 Å². The predicted molar refractivity (Wildman–Crippen MR) is 42.2 cm³/mol. The Morgan fingerprint density at radius 1 is 1.64 bits per heavy atom. The van der Waals surface area contributed by atoms with Crippen LogP contribution in [-0.4, -0.2) is 23.8 Å². The Bertz CT molecular complexity index is 110. The lowest BCUT2D eigenvalue weighted by Gasteiger charge is -2.05. The SMILES string of the molecule is CCCCC(=O)OC[C@H](C)O. The van der Waals surface area contributed by atoms with E-state index in [0.717, 1.165) is 12.8 Å². The molecular weight excluding hydrogens is 144 g/mol. The zero-order chi connectivity index (χ0) is 8.69. The van der Waals surface area contributed by atoms with E-state index in [2.05, 4.69) is 0 Å². The lowest BCUT2D eigenvalue weighted by atomic mass is 10.2.